The molecule has 0 aromatic carbocycles. The summed E-state index contributed by atoms with van der Waals surface area (Å²) in [4.78, 5) is 11.0. The molecule has 0 amide bonds. The topological polar surface area (TPSA) is 44.8 Å². The number of hydrogen-bond acceptors (Lipinski definition) is 5. The van der Waals surface area contributed by atoms with E-state index in [-0.39, 0.29) is 24.0 Å². The summed E-state index contributed by atoms with van der Waals surface area (Å²) in [6, 6.07) is 0. The van der Waals surface area contributed by atoms with Gasteiger partial charge >= 0.3 is 26.8 Å². The molecular weight excluding hydrogens is 227 g/mol. The molecule has 0 spiro atoms. The van der Waals surface area contributed by atoms with Crippen LogP contribution in [-0.2, 0) is 18.1 Å². The van der Waals surface area contributed by atoms with Crippen molar-refractivity contribution in [1.29, 1.82) is 0 Å². The van der Waals surface area contributed by atoms with Crippen LogP contribution in [0.25, 0.3) is 0 Å². The van der Waals surface area contributed by atoms with E-state index >= 15 is 0 Å². The third-order valence-corrected chi connectivity index (χ3v) is 6.37. The Hall–Kier alpha value is 0.714. The normalized spacial score (nSPS) is 10.9. The zero-order chi connectivity index (χ0) is 11.0. The summed E-state index contributed by atoms with van der Waals surface area (Å²) in [6.45, 7) is 8.55. The minimum atomic E-state index is -2.79. The first-order chi connectivity index (χ1) is 6.60. The van der Waals surface area contributed by atoms with Crippen molar-refractivity contribution in [3.8, 4) is 0 Å². The molecule has 0 fully saturated rings. The standard InChI is InChI=1S/C8H18O4SSi.Li.H/c1-5-10-14(11-6-2,12-7-3)13-8(4)9;;/h5-7H2,1-4H3;;. The Bertz CT molecular complexity index is 165. The van der Waals surface area contributed by atoms with Gasteiger partial charge in [0.05, 0.1) is 0 Å². The zero-order valence-corrected chi connectivity index (χ0v) is 11.0. The summed E-state index contributed by atoms with van der Waals surface area (Å²) in [5.74, 6) is 0. The van der Waals surface area contributed by atoms with Gasteiger partial charge in [-0.25, -0.2) is 0 Å². The van der Waals surface area contributed by atoms with Crippen LogP contribution >= 0.6 is 11.2 Å². The fraction of sp³-hybridized carbons (Fsp3) is 0.875. The quantitative estimate of drug-likeness (QED) is 0.631. The van der Waals surface area contributed by atoms with Gasteiger partial charge in [-0.05, 0) is 32.0 Å². The number of carbonyl (C=O) groups excluding carboxylic acids is 1. The number of hydrogen-bond donors (Lipinski definition) is 0. The van der Waals surface area contributed by atoms with Crippen LogP contribution in [0.1, 0.15) is 27.7 Å². The molecule has 0 aliphatic heterocycles. The van der Waals surface area contributed by atoms with Crippen molar-refractivity contribution in [1.82, 2.24) is 0 Å². The molecule has 0 aromatic rings. The van der Waals surface area contributed by atoms with Gasteiger partial charge in [-0.3, -0.25) is 4.79 Å². The Morgan fingerprint density at radius 3 is 1.60 bits per heavy atom. The predicted octanol–water partition coefficient (Wildman–Crippen LogP) is 1.16. The molecular formula is C8H19LiO4SSi. The van der Waals surface area contributed by atoms with Crippen molar-refractivity contribution in [2.75, 3.05) is 19.8 Å². The van der Waals surface area contributed by atoms with Crippen LogP contribution in [0.2, 0.25) is 0 Å². The monoisotopic (exact) mass is 246 g/mol. The third kappa shape index (κ3) is 7.58. The molecule has 0 bridgehead atoms. The fourth-order valence-electron chi connectivity index (χ4n) is 0.920. The summed E-state index contributed by atoms with van der Waals surface area (Å²) >= 11 is 1.05. The second-order valence-corrected chi connectivity index (χ2v) is 7.15. The van der Waals surface area contributed by atoms with Gasteiger partial charge in [-0.15, -0.1) is 0 Å². The molecule has 0 radical (unpaired) electrons. The van der Waals surface area contributed by atoms with E-state index in [0.29, 0.717) is 19.8 Å². The average Bonchev–Trinajstić information content (AvgIpc) is 2.03. The molecule has 7 heteroatoms. The maximum atomic E-state index is 11.0. The molecule has 0 aliphatic carbocycles. The summed E-state index contributed by atoms with van der Waals surface area (Å²) < 4.78 is 16.4. The van der Waals surface area contributed by atoms with Crippen molar-refractivity contribution in [3.63, 3.8) is 0 Å². The van der Waals surface area contributed by atoms with Crippen molar-refractivity contribution in [2.45, 2.75) is 27.7 Å². The predicted molar refractivity (Wildman–Crippen MR) is 66.1 cm³/mol. The molecule has 0 atom stereocenters. The van der Waals surface area contributed by atoms with E-state index in [2.05, 4.69) is 0 Å². The summed E-state index contributed by atoms with van der Waals surface area (Å²) in [6.07, 6.45) is 0. The Morgan fingerprint density at radius 2 is 1.40 bits per heavy atom. The molecule has 4 nitrogen and oxygen atoms in total. The van der Waals surface area contributed by atoms with Crippen LogP contribution in [0, 0.1) is 0 Å². The second-order valence-electron chi connectivity index (χ2n) is 2.39. The fourth-order valence-corrected chi connectivity index (χ4v) is 5.41. The molecule has 0 aromatic heterocycles. The van der Waals surface area contributed by atoms with E-state index in [1.54, 1.807) is 0 Å². The Balaban J connectivity index is 0. The first kappa shape index (κ1) is 18.1. The summed E-state index contributed by atoms with van der Waals surface area (Å²) in [7, 11) is -2.79. The van der Waals surface area contributed by atoms with Crippen molar-refractivity contribution in [2.24, 2.45) is 0 Å². The van der Waals surface area contributed by atoms with E-state index in [1.165, 1.54) is 6.92 Å². The Morgan fingerprint density at radius 1 is 1.07 bits per heavy atom. The first-order valence-electron chi connectivity index (χ1n) is 4.71. The van der Waals surface area contributed by atoms with Gasteiger partial charge in [-0.2, -0.15) is 0 Å². The van der Waals surface area contributed by atoms with Gasteiger partial charge in [-0.1, -0.05) is 0 Å². The SMILES string of the molecule is CCO[Si](OCC)(OCC)SC(C)=O.[LiH]. The molecule has 0 heterocycles. The molecule has 0 unspecified atom stereocenters. The van der Waals surface area contributed by atoms with Gasteiger partial charge in [0.25, 0.3) is 0 Å². The Labute approximate surface area is 109 Å². The van der Waals surface area contributed by atoms with Crippen molar-refractivity contribution < 1.29 is 18.1 Å². The van der Waals surface area contributed by atoms with Gasteiger partial charge in [0.15, 0.2) is 5.12 Å². The summed E-state index contributed by atoms with van der Waals surface area (Å²) in [5.41, 5.74) is 0. The summed E-state index contributed by atoms with van der Waals surface area (Å²) in [5, 5.41) is -0.0352. The van der Waals surface area contributed by atoms with E-state index in [9.17, 15) is 4.79 Å². The molecule has 0 saturated heterocycles. The molecule has 86 valence electrons. The second kappa shape index (κ2) is 9.91. The maximum absolute atomic E-state index is 11.0. The molecule has 0 saturated carbocycles. The average molecular weight is 246 g/mol. The zero-order valence-electron chi connectivity index (χ0n) is 9.16. The van der Waals surface area contributed by atoms with Crippen molar-refractivity contribution in [3.05, 3.63) is 0 Å². The van der Waals surface area contributed by atoms with Crippen molar-refractivity contribution >= 4 is 43.1 Å². The van der Waals surface area contributed by atoms with Gasteiger partial charge < -0.3 is 13.3 Å². The molecule has 15 heavy (non-hydrogen) atoms. The molecule has 0 aliphatic rings. The third-order valence-electron chi connectivity index (χ3n) is 1.23. The van der Waals surface area contributed by atoms with E-state index in [0.717, 1.165) is 11.2 Å². The van der Waals surface area contributed by atoms with Gasteiger partial charge in [0.2, 0.25) is 0 Å². The minimum absolute atomic E-state index is 0. The number of carbonyl (C=O) groups is 1. The van der Waals surface area contributed by atoms with Gasteiger partial charge in [0.1, 0.15) is 0 Å². The van der Waals surface area contributed by atoms with Crippen LogP contribution < -0.4 is 0 Å². The first-order valence-corrected chi connectivity index (χ1v) is 7.98. The van der Waals surface area contributed by atoms with Gasteiger partial charge in [0, 0.05) is 26.7 Å². The van der Waals surface area contributed by atoms with Crippen LogP contribution in [0.4, 0.5) is 0 Å². The molecule has 0 N–H and O–H groups in total. The van der Waals surface area contributed by atoms with E-state index < -0.39 is 7.95 Å². The Kier molecular flexibility index (Phi) is 11.9. The van der Waals surface area contributed by atoms with Crippen LogP contribution in [0.15, 0.2) is 0 Å². The number of rotatable bonds is 7. The van der Waals surface area contributed by atoms with E-state index in [4.69, 9.17) is 13.3 Å². The molecule has 0 rings (SSSR count). The van der Waals surface area contributed by atoms with Crippen LogP contribution in [0.5, 0.6) is 0 Å². The van der Waals surface area contributed by atoms with E-state index in [1.807, 2.05) is 20.8 Å². The van der Waals surface area contributed by atoms with Crippen LogP contribution in [-0.4, -0.2) is 51.8 Å². The van der Waals surface area contributed by atoms with Crippen LogP contribution in [0.3, 0.4) is 0 Å².